The molecule has 1 aromatic heterocycles. The molecular formula is C38H37N3O8. The van der Waals surface area contributed by atoms with Gasteiger partial charge >= 0.3 is 5.69 Å². The first-order valence-corrected chi connectivity index (χ1v) is 15.7. The summed E-state index contributed by atoms with van der Waals surface area (Å²) in [5, 5.41) is 13.8. The van der Waals surface area contributed by atoms with Crippen LogP contribution in [0.25, 0.3) is 0 Å². The van der Waals surface area contributed by atoms with Crippen molar-refractivity contribution in [1.29, 1.82) is 0 Å². The van der Waals surface area contributed by atoms with Crippen molar-refractivity contribution in [3.05, 3.63) is 148 Å². The highest BCUT2D eigenvalue weighted by atomic mass is 16.6. The van der Waals surface area contributed by atoms with Crippen LogP contribution in [-0.2, 0) is 15.1 Å². The van der Waals surface area contributed by atoms with E-state index in [9.17, 15) is 14.7 Å². The Kier molecular flexibility index (Phi) is 10.0. The summed E-state index contributed by atoms with van der Waals surface area (Å²) in [6.07, 6.45) is -0.958. The molecule has 5 aromatic rings. The van der Waals surface area contributed by atoms with Gasteiger partial charge in [0.15, 0.2) is 11.5 Å². The summed E-state index contributed by atoms with van der Waals surface area (Å²) in [4.78, 5) is 29.9. The Bertz CT molecular complexity index is 1890. The number of carbonyl (C=O) groups excluding carboxylic acids is 1. The van der Waals surface area contributed by atoms with Crippen molar-refractivity contribution in [2.45, 2.75) is 30.5 Å². The molecule has 4 aromatic carbocycles. The third-order valence-corrected chi connectivity index (χ3v) is 8.55. The van der Waals surface area contributed by atoms with Crippen LogP contribution in [0.4, 0.5) is 5.82 Å². The van der Waals surface area contributed by atoms with Gasteiger partial charge in [-0.3, -0.25) is 9.36 Å². The van der Waals surface area contributed by atoms with Crippen LogP contribution in [0.2, 0.25) is 0 Å². The molecule has 11 nitrogen and oxygen atoms in total. The number of ether oxygens (including phenoxy) is 5. The zero-order valence-electron chi connectivity index (χ0n) is 27.3. The minimum absolute atomic E-state index is 0.0417. The number of aliphatic hydroxyl groups excluding tert-OH is 1. The lowest BCUT2D eigenvalue weighted by Crippen LogP contribution is -2.38. The van der Waals surface area contributed by atoms with Gasteiger partial charge < -0.3 is 34.1 Å². The molecule has 1 amide bonds. The first-order valence-electron chi connectivity index (χ1n) is 15.7. The van der Waals surface area contributed by atoms with E-state index in [0.717, 1.165) is 11.1 Å². The van der Waals surface area contributed by atoms with Crippen LogP contribution in [-0.4, -0.2) is 60.7 Å². The topological polar surface area (TPSA) is 130 Å². The van der Waals surface area contributed by atoms with Gasteiger partial charge in [-0.25, -0.2) is 4.79 Å². The average Bonchev–Trinajstić information content (AvgIpc) is 3.52. The van der Waals surface area contributed by atoms with Crippen molar-refractivity contribution < 1.29 is 33.6 Å². The standard InChI is InChI=1S/C38H37N3O8/c1-45-28-19-17-25(18-20-28)36(43)39-33-21-22-41(37(44)40-33)34-23-30(42)32(49-34)24-48-38(26-11-6-4-7-12-26,27-13-8-5-9-14-27)29-15-10-16-31(46-2)35(29)47-3/h4-22,30,32,34,42H,23-24H2,1-3H3,(H,39,40,43,44)/t30-,32+,34+/m0/s1. The molecule has 2 N–H and O–H groups in total. The van der Waals surface area contributed by atoms with Crippen LogP contribution in [0, 0.1) is 0 Å². The van der Waals surface area contributed by atoms with E-state index in [4.69, 9.17) is 23.7 Å². The molecule has 11 heteroatoms. The number of aliphatic hydroxyl groups is 1. The number of nitrogens with zero attached hydrogens (tertiary/aromatic N) is 2. The molecule has 252 valence electrons. The molecule has 49 heavy (non-hydrogen) atoms. The molecule has 0 aliphatic carbocycles. The van der Waals surface area contributed by atoms with E-state index in [2.05, 4.69) is 10.3 Å². The van der Waals surface area contributed by atoms with E-state index in [0.29, 0.717) is 28.4 Å². The van der Waals surface area contributed by atoms with Crippen LogP contribution in [0.3, 0.4) is 0 Å². The number of aromatic nitrogens is 2. The van der Waals surface area contributed by atoms with E-state index in [1.807, 2.05) is 78.9 Å². The summed E-state index contributed by atoms with van der Waals surface area (Å²) in [6, 6.07) is 33.2. The first kappa shape index (κ1) is 33.4. The Morgan fingerprint density at radius 3 is 2.14 bits per heavy atom. The zero-order valence-corrected chi connectivity index (χ0v) is 27.3. The maximum Gasteiger partial charge on any atom is 0.351 e. The molecule has 3 atom stereocenters. The number of benzene rings is 4. The molecule has 1 aliphatic heterocycles. The fourth-order valence-electron chi connectivity index (χ4n) is 6.11. The highest BCUT2D eigenvalue weighted by Gasteiger charge is 2.44. The Hall–Kier alpha value is -5.49. The molecule has 1 saturated heterocycles. The van der Waals surface area contributed by atoms with Gasteiger partial charge in [-0.05, 0) is 47.5 Å². The van der Waals surface area contributed by atoms with Gasteiger partial charge in [-0.15, -0.1) is 0 Å². The van der Waals surface area contributed by atoms with E-state index in [1.54, 1.807) is 45.6 Å². The Balaban J connectivity index is 1.26. The quantitative estimate of drug-likeness (QED) is 0.174. The number of hydrogen-bond donors (Lipinski definition) is 2. The van der Waals surface area contributed by atoms with E-state index < -0.39 is 35.6 Å². The monoisotopic (exact) mass is 663 g/mol. The van der Waals surface area contributed by atoms with Gasteiger partial charge in [0.25, 0.3) is 5.91 Å². The van der Waals surface area contributed by atoms with Gasteiger partial charge in [0.2, 0.25) is 0 Å². The van der Waals surface area contributed by atoms with Crippen molar-refractivity contribution in [3.63, 3.8) is 0 Å². The molecule has 0 spiro atoms. The van der Waals surface area contributed by atoms with E-state index in [-0.39, 0.29) is 18.8 Å². The molecule has 1 fully saturated rings. The number of carbonyl (C=O) groups is 1. The highest BCUT2D eigenvalue weighted by Crippen LogP contribution is 2.47. The molecule has 0 unspecified atom stereocenters. The van der Waals surface area contributed by atoms with Crippen LogP contribution in [0.1, 0.15) is 39.7 Å². The van der Waals surface area contributed by atoms with Gasteiger partial charge in [-0.2, -0.15) is 4.98 Å². The van der Waals surface area contributed by atoms with E-state index in [1.165, 1.54) is 16.8 Å². The summed E-state index contributed by atoms with van der Waals surface area (Å²) < 4.78 is 31.2. The van der Waals surface area contributed by atoms with Crippen LogP contribution in [0.5, 0.6) is 17.2 Å². The SMILES string of the molecule is COc1ccc(C(=O)Nc2ccn([C@H]3C[C@H](O)[C@@H](COC(c4ccccc4)(c4ccccc4)c4cccc(OC)c4OC)O3)c(=O)n2)cc1. The molecule has 6 rings (SSSR count). The molecule has 0 bridgehead atoms. The summed E-state index contributed by atoms with van der Waals surface area (Å²) in [7, 11) is 4.70. The first-order chi connectivity index (χ1) is 23.9. The second-order valence-corrected chi connectivity index (χ2v) is 11.4. The van der Waals surface area contributed by atoms with Crippen molar-refractivity contribution in [2.24, 2.45) is 0 Å². The maximum absolute atomic E-state index is 13.1. The number of anilines is 1. The summed E-state index contributed by atoms with van der Waals surface area (Å²) in [6.45, 7) is -0.0417. The van der Waals surface area contributed by atoms with Gasteiger partial charge in [0.1, 0.15) is 29.5 Å². The Morgan fingerprint density at radius 1 is 0.878 bits per heavy atom. The van der Waals surface area contributed by atoms with Gasteiger partial charge in [0.05, 0.1) is 34.0 Å². The average molecular weight is 664 g/mol. The Labute approximate surface area is 283 Å². The van der Waals surface area contributed by atoms with Crippen molar-refractivity contribution >= 4 is 11.7 Å². The summed E-state index contributed by atoms with van der Waals surface area (Å²) in [5.74, 6) is 1.31. The van der Waals surface area contributed by atoms with Gasteiger partial charge in [0, 0.05) is 23.7 Å². The molecule has 0 radical (unpaired) electrons. The number of para-hydroxylation sites is 1. The third-order valence-electron chi connectivity index (χ3n) is 8.55. The smallest absolute Gasteiger partial charge is 0.351 e. The normalized spacial score (nSPS) is 17.3. The van der Waals surface area contributed by atoms with Crippen LogP contribution < -0.4 is 25.2 Å². The van der Waals surface area contributed by atoms with E-state index >= 15 is 0 Å². The lowest BCUT2D eigenvalue weighted by atomic mass is 9.79. The number of rotatable bonds is 12. The molecule has 0 saturated carbocycles. The van der Waals surface area contributed by atoms with Crippen molar-refractivity contribution in [3.8, 4) is 17.2 Å². The minimum Gasteiger partial charge on any atom is -0.497 e. The predicted octanol–water partition coefficient (Wildman–Crippen LogP) is 5.18. The molecular weight excluding hydrogens is 626 g/mol. The molecule has 2 heterocycles. The zero-order chi connectivity index (χ0) is 34.4. The highest BCUT2D eigenvalue weighted by molar-refractivity contribution is 6.03. The molecule has 1 aliphatic rings. The van der Waals surface area contributed by atoms with Crippen LogP contribution >= 0.6 is 0 Å². The number of nitrogens with one attached hydrogen (secondary N) is 1. The van der Waals surface area contributed by atoms with Crippen LogP contribution in [0.15, 0.2) is 120 Å². The number of amides is 1. The van der Waals surface area contributed by atoms with Crippen molar-refractivity contribution in [2.75, 3.05) is 33.3 Å². The Morgan fingerprint density at radius 2 is 1.55 bits per heavy atom. The lowest BCUT2D eigenvalue weighted by molar-refractivity contribution is -0.0947. The fourth-order valence-corrected chi connectivity index (χ4v) is 6.11. The maximum atomic E-state index is 13.1. The summed E-state index contributed by atoms with van der Waals surface area (Å²) in [5.41, 5.74) is 0.879. The third kappa shape index (κ3) is 6.77. The second kappa shape index (κ2) is 14.7. The number of methoxy groups -OCH3 is 3. The van der Waals surface area contributed by atoms with Gasteiger partial charge in [-0.1, -0.05) is 72.8 Å². The second-order valence-electron chi connectivity index (χ2n) is 11.4. The predicted molar refractivity (Wildman–Crippen MR) is 182 cm³/mol. The number of hydrogen-bond acceptors (Lipinski definition) is 9. The lowest BCUT2D eigenvalue weighted by Gasteiger charge is -2.38. The van der Waals surface area contributed by atoms with Crippen molar-refractivity contribution in [1.82, 2.24) is 9.55 Å². The fraction of sp³-hybridized carbons (Fsp3) is 0.237. The minimum atomic E-state index is -1.20. The largest absolute Gasteiger partial charge is 0.497 e. The summed E-state index contributed by atoms with van der Waals surface area (Å²) >= 11 is 0.